The first-order chi connectivity index (χ1) is 8.13. The highest BCUT2D eigenvalue weighted by Gasteiger charge is 2.18. The molecule has 2 rings (SSSR count). The van der Waals surface area contributed by atoms with Crippen molar-refractivity contribution in [2.24, 2.45) is 0 Å². The molecule has 0 saturated carbocycles. The average Bonchev–Trinajstić information content (AvgIpc) is 2.80. The van der Waals surface area contributed by atoms with Crippen LogP contribution in [0.25, 0.3) is 11.3 Å². The molecule has 0 saturated heterocycles. The average molecular weight is 231 g/mol. The molecule has 0 spiro atoms. The number of methoxy groups -OCH3 is 1. The number of aryl methyl sites for hydroxylation is 2. The highest BCUT2D eigenvalue weighted by atomic mass is 16.5. The molecule has 0 N–H and O–H groups in total. The van der Waals surface area contributed by atoms with Crippen molar-refractivity contribution in [1.82, 2.24) is 4.98 Å². The standard InChI is InChI=1S/C13H13NO3/c1-8-4-5-10(6-9(8)2)12-11(13(15)16-3)14-7-17-12/h4-7H,1-3H3. The maximum atomic E-state index is 11.5. The predicted molar refractivity (Wildman–Crippen MR) is 62.8 cm³/mol. The highest BCUT2D eigenvalue weighted by Crippen LogP contribution is 2.25. The minimum absolute atomic E-state index is 0.204. The van der Waals surface area contributed by atoms with Crippen molar-refractivity contribution >= 4 is 5.97 Å². The van der Waals surface area contributed by atoms with Crippen molar-refractivity contribution < 1.29 is 13.9 Å². The van der Waals surface area contributed by atoms with E-state index in [0.29, 0.717) is 5.76 Å². The number of hydrogen-bond acceptors (Lipinski definition) is 4. The maximum Gasteiger partial charge on any atom is 0.360 e. The zero-order chi connectivity index (χ0) is 12.4. The summed E-state index contributed by atoms with van der Waals surface area (Å²) in [5, 5.41) is 0. The van der Waals surface area contributed by atoms with Crippen LogP contribution in [-0.4, -0.2) is 18.1 Å². The van der Waals surface area contributed by atoms with Gasteiger partial charge >= 0.3 is 5.97 Å². The number of oxazole rings is 1. The third-order valence-electron chi connectivity index (χ3n) is 2.72. The van der Waals surface area contributed by atoms with E-state index in [9.17, 15) is 4.79 Å². The van der Waals surface area contributed by atoms with Gasteiger partial charge in [-0.3, -0.25) is 0 Å². The van der Waals surface area contributed by atoms with E-state index in [1.54, 1.807) is 0 Å². The fourth-order valence-corrected chi connectivity index (χ4v) is 1.58. The number of aromatic nitrogens is 1. The first-order valence-corrected chi connectivity index (χ1v) is 5.23. The van der Waals surface area contributed by atoms with Crippen LogP contribution in [0.15, 0.2) is 29.0 Å². The number of ether oxygens (including phenoxy) is 1. The molecule has 2 aromatic rings. The van der Waals surface area contributed by atoms with Gasteiger partial charge in [0, 0.05) is 5.56 Å². The number of hydrogen-bond donors (Lipinski definition) is 0. The van der Waals surface area contributed by atoms with Crippen molar-refractivity contribution in [3.8, 4) is 11.3 Å². The van der Waals surface area contributed by atoms with E-state index in [1.807, 2.05) is 32.0 Å². The normalized spacial score (nSPS) is 10.3. The van der Waals surface area contributed by atoms with Crippen LogP contribution in [0, 0.1) is 13.8 Å². The molecule has 0 amide bonds. The molecular formula is C13H13NO3. The number of carbonyl (C=O) groups is 1. The van der Waals surface area contributed by atoms with Gasteiger partial charge < -0.3 is 9.15 Å². The molecule has 0 aliphatic heterocycles. The Bertz CT molecular complexity index is 558. The number of nitrogens with zero attached hydrogens (tertiary/aromatic N) is 1. The van der Waals surface area contributed by atoms with Crippen molar-refractivity contribution in [3.63, 3.8) is 0 Å². The van der Waals surface area contributed by atoms with Gasteiger partial charge in [-0.05, 0) is 31.0 Å². The summed E-state index contributed by atoms with van der Waals surface area (Å²) in [7, 11) is 1.32. The van der Waals surface area contributed by atoms with Gasteiger partial charge in [0.1, 0.15) is 0 Å². The third kappa shape index (κ3) is 2.06. The number of esters is 1. The smallest absolute Gasteiger partial charge is 0.360 e. The van der Waals surface area contributed by atoms with Gasteiger partial charge in [-0.1, -0.05) is 12.1 Å². The first-order valence-electron chi connectivity index (χ1n) is 5.23. The van der Waals surface area contributed by atoms with Gasteiger partial charge in [0.25, 0.3) is 0 Å². The second-order valence-corrected chi connectivity index (χ2v) is 3.82. The lowest BCUT2D eigenvalue weighted by Crippen LogP contribution is -2.03. The SMILES string of the molecule is COC(=O)c1ncoc1-c1ccc(C)c(C)c1. The van der Waals surface area contributed by atoms with Crippen LogP contribution in [-0.2, 0) is 4.74 Å². The lowest BCUT2D eigenvalue weighted by molar-refractivity contribution is 0.0595. The van der Waals surface area contributed by atoms with Crippen LogP contribution in [0.4, 0.5) is 0 Å². The van der Waals surface area contributed by atoms with E-state index in [-0.39, 0.29) is 5.69 Å². The van der Waals surface area contributed by atoms with Crippen molar-refractivity contribution in [3.05, 3.63) is 41.4 Å². The van der Waals surface area contributed by atoms with Crippen molar-refractivity contribution in [1.29, 1.82) is 0 Å². The van der Waals surface area contributed by atoms with Gasteiger partial charge in [0.15, 0.2) is 17.8 Å². The highest BCUT2D eigenvalue weighted by molar-refractivity contribution is 5.93. The fourth-order valence-electron chi connectivity index (χ4n) is 1.58. The Morgan fingerprint density at radius 1 is 1.29 bits per heavy atom. The quantitative estimate of drug-likeness (QED) is 0.746. The van der Waals surface area contributed by atoms with Crippen LogP contribution in [0.3, 0.4) is 0 Å². The number of carbonyl (C=O) groups excluding carboxylic acids is 1. The van der Waals surface area contributed by atoms with E-state index < -0.39 is 5.97 Å². The summed E-state index contributed by atoms with van der Waals surface area (Å²) in [6.45, 7) is 4.04. The summed E-state index contributed by atoms with van der Waals surface area (Å²) in [6.07, 6.45) is 1.25. The van der Waals surface area contributed by atoms with E-state index in [4.69, 9.17) is 4.42 Å². The number of rotatable bonds is 2. The molecule has 0 bridgehead atoms. The summed E-state index contributed by atoms with van der Waals surface area (Å²) in [4.78, 5) is 15.4. The van der Waals surface area contributed by atoms with Crippen LogP contribution in [0.1, 0.15) is 21.6 Å². The lowest BCUT2D eigenvalue weighted by Gasteiger charge is -2.03. The van der Waals surface area contributed by atoms with Crippen molar-refractivity contribution in [2.75, 3.05) is 7.11 Å². The van der Waals surface area contributed by atoms with Crippen LogP contribution >= 0.6 is 0 Å². The molecule has 1 aromatic heterocycles. The zero-order valence-corrected chi connectivity index (χ0v) is 9.98. The van der Waals surface area contributed by atoms with Crippen LogP contribution in [0.2, 0.25) is 0 Å². The van der Waals surface area contributed by atoms with Gasteiger partial charge in [0.05, 0.1) is 7.11 Å². The molecule has 0 fully saturated rings. The Hall–Kier alpha value is -2.10. The van der Waals surface area contributed by atoms with Gasteiger partial charge in [0.2, 0.25) is 0 Å². The third-order valence-corrected chi connectivity index (χ3v) is 2.72. The first kappa shape index (κ1) is 11.4. The molecule has 0 atom stereocenters. The molecule has 1 aromatic carbocycles. The summed E-state index contributed by atoms with van der Waals surface area (Å²) < 4.78 is 9.91. The summed E-state index contributed by atoms with van der Waals surface area (Å²) in [5.74, 6) is -0.0491. The molecule has 0 aliphatic rings. The van der Waals surface area contributed by atoms with Gasteiger partial charge in [-0.15, -0.1) is 0 Å². The van der Waals surface area contributed by atoms with Crippen LogP contribution in [0.5, 0.6) is 0 Å². The Labute approximate surface area is 99.2 Å². The maximum absolute atomic E-state index is 11.5. The van der Waals surface area contributed by atoms with Gasteiger partial charge in [-0.25, -0.2) is 9.78 Å². The molecule has 0 unspecified atom stereocenters. The van der Waals surface area contributed by atoms with Gasteiger partial charge in [-0.2, -0.15) is 0 Å². The second-order valence-electron chi connectivity index (χ2n) is 3.82. The van der Waals surface area contributed by atoms with E-state index in [2.05, 4.69) is 9.72 Å². The zero-order valence-electron chi connectivity index (χ0n) is 9.98. The molecule has 88 valence electrons. The summed E-state index contributed by atoms with van der Waals surface area (Å²) >= 11 is 0. The molecule has 1 heterocycles. The summed E-state index contributed by atoms with van der Waals surface area (Å²) in [6, 6.07) is 5.84. The van der Waals surface area contributed by atoms with E-state index in [0.717, 1.165) is 11.1 Å². The Morgan fingerprint density at radius 2 is 2.06 bits per heavy atom. The Kier molecular flexibility index (Phi) is 2.95. The Balaban J connectivity index is 2.50. The molecular weight excluding hydrogens is 218 g/mol. The molecule has 0 radical (unpaired) electrons. The molecule has 4 heteroatoms. The number of benzene rings is 1. The lowest BCUT2D eigenvalue weighted by atomic mass is 10.0. The molecule has 17 heavy (non-hydrogen) atoms. The molecule has 4 nitrogen and oxygen atoms in total. The van der Waals surface area contributed by atoms with E-state index >= 15 is 0 Å². The van der Waals surface area contributed by atoms with Crippen LogP contribution < -0.4 is 0 Å². The summed E-state index contributed by atoms with van der Waals surface area (Å²) in [5.41, 5.74) is 3.35. The van der Waals surface area contributed by atoms with E-state index in [1.165, 1.54) is 19.1 Å². The monoisotopic (exact) mass is 231 g/mol. The Morgan fingerprint density at radius 3 is 2.71 bits per heavy atom. The predicted octanol–water partition coefficient (Wildman–Crippen LogP) is 2.75. The second kappa shape index (κ2) is 4.41. The van der Waals surface area contributed by atoms with Crippen molar-refractivity contribution in [2.45, 2.75) is 13.8 Å². The minimum atomic E-state index is -0.494. The largest absolute Gasteiger partial charge is 0.464 e. The fraction of sp³-hybridized carbons (Fsp3) is 0.231. The minimum Gasteiger partial charge on any atom is -0.464 e. The molecule has 0 aliphatic carbocycles. The topological polar surface area (TPSA) is 52.3 Å².